The molecule has 1 aromatic rings. The van der Waals surface area contributed by atoms with Gasteiger partial charge in [0.15, 0.2) is 0 Å². The molecule has 0 aliphatic rings. The second-order valence-electron chi connectivity index (χ2n) is 3.25. The van der Waals surface area contributed by atoms with Crippen LogP contribution in [0.15, 0.2) is 29.2 Å². The average Bonchev–Trinajstić information content (AvgIpc) is 2.13. The number of carbonyl (C=O) groups excluding carboxylic acids is 1. The molecule has 0 heterocycles. The first-order valence-corrected chi connectivity index (χ1v) is 6.74. The molecule has 0 N–H and O–H groups in total. The summed E-state index contributed by atoms with van der Waals surface area (Å²) < 4.78 is 22.4. The number of Topliss-reactive ketones (excluding diaryl/α,β-unsaturated/α-hetero) is 1. The summed E-state index contributed by atoms with van der Waals surface area (Å²) in [7, 11) is 1.55. The number of benzene rings is 1. The molecule has 0 unspecified atom stereocenters. The summed E-state index contributed by atoms with van der Waals surface area (Å²) in [5.74, 6) is 0.0248. The summed E-state index contributed by atoms with van der Waals surface area (Å²) >= 11 is 0. The van der Waals surface area contributed by atoms with Gasteiger partial charge in [0, 0.05) is 17.1 Å². The smallest absolute Gasteiger partial charge is 0.261 e. The maximum atomic E-state index is 11.2. The fourth-order valence-electron chi connectivity index (χ4n) is 1.26. The van der Waals surface area contributed by atoms with Crippen LogP contribution in [0.4, 0.5) is 0 Å². The first-order chi connectivity index (χ1) is 6.91. The molecule has 1 rings (SSSR count). The van der Waals surface area contributed by atoms with Gasteiger partial charge in [-0.2, -0.15) is 0 Å². The van der Waals surface area contributed by atoms with E-state index in [-0.39, 0.29) is 10.7 Å². The molecule has 0 fully saturated rings. The van der Waals surface area contributed by atoms with E-state index in [1.165, 1.54) is 13.0 Å². The molecule has 0 amide bonds. The Morgan fingerprint density at radius 2 is 1.93 bits per heavy atom. The second-order valence-corrected chi connectivity index (χ2v) is 5.78. The van der Waals surface area contributed by atoms with Gasteiger partial charge in [-0.15, -0.1) is 0 Å². The first-order valence-electron chi connectivity index (χ1n) is 4.43. The predicted molar refractivity (Wildman–Crippen MR) is 58.5 cm³/mol. The Hall–Kier alpha value is -0.870. The molecule has 0 aliphatic heterocycles. The number of halogens is 1. The molecule has 1 aromatic carbocycles. The highest BCUT2D eigenvalue weighted by atomic mass is 35.7. The Morgan fingerprint density at radius 1 is 1.33 bits per heavy atom. The fourth-order valence-corrected chi connectivity index (χ4v) is 2.43. The normalized spacial score (nSPS) is 11.3. The Labute approximate surface area is 93.5 Å². The van der Waals surface area contributed by atoms with Crippen LogP contribution in [0, 0.1) is 0 Å². The Balaban J connectivity index is 3.02. The Kier molecular flexibility index (Phi) is 3.88. The summed E-state index contributed by atoms with van der Waals surface area (Å²) in [5.41, 5.74) is 0.586. The average molecular weight is 247 g/mol. The molecular weight excluding hydrogens is 236 g/mol. The minimum absolute atomic E-state index is 0.0248. The van der Waals surface area contributed by atoms with Crippen molar-refractivity contribution in [3.8, 4) is 0 Å². The zero-order chi connectivity index (χ0) is 11.5. The van der Waals surface area contributed by atoms with E-state index < -0.39 is 9.05 Å². The summed E-state index contributed by atoms with van der Waals surface area (Å²) in [6, 6.07) is 6.43. The maximum Gasteiger partial charge on any atom is 0.261 e. The molecule has 0 atom stereocenters. The van der Waals surface area contributed by atoms with E-state index in [1.54, 1.807) is 18.2 Å². The molecular formula is C10H11ClO3S. The van der Waals surface area contributed by atoms with Crippen LogP contribution in [0.3, 0.4) is 0 Å². The summed E-state index contributed by atoms with van der Waals surface area (Å²) in [6.07, 6.45) is 0.723. The van der Waals surface area contributed by atoms with Crippen molar-refractivity contribution in [2.24, 2.45) is 0 Å². The third-order valence-corrected chi connectivity index (χ3v) is 3.40. The summed E-state index contributed by atoms with van der Waals surface area (Å²) in [4.78, 5) is 10.9. The van der Waals surface area contributed by atoms with Crippen LogP contribution in [0.25, 0.3) is 0 Å². The number of rotatable bonds is 4. The highest BCUT2D eigenvalue weighted by molar-refractivity contribution is 8.13. The van der Waals surface area contributed by atoms with Crippen molar-refractivity contribution in [3.63, 3.8) is 0 Å². The summed E-state index contributed by atoms with van der Waals surface area (Å²) in [6.45, 7) is 1.47. The van der Waals surface area contributed by atoms with Crippen molar-refractivity contribution in [2.75, 3.05) is 0 Å². The number of ketones is 1. The van der Waals surface area contributed by atoms with Crippen molar-refractivity contribution in [2.45, 2.75) is 24.7 Å². The van der Waals surface area contributed by atoms with Gasteiger partial charge in [-0.1, -0.05) is 18.2 Å². The van der Waals surface area contributed by atoms with Gasteiger partial charge >= 0.3 is 0 Å². The van der Waals surface area contributed by atoms with Crippen molar-refractivity contribution in [1.29, 1.82) is 0 Å². The quantitative estimate of drug-likeness (QED) is 0.765. The Bertz CT molecular complexity index is 465. The lowest BCUT2D eigenvalue weighted by atomic mass is 10.1. The molecule has 3 nitrogen and oxygen atoms in total. The van der Waals surface area contributed by atoms with Crippen LogP contribution < -0.4 is 0 Å². The lowest BCUT2D eigenvalue weighted by Gasteiger charge is -2.04. The third-order valence-electron chi connectivity index (χ3n) is 1.98. The molecule has 0 aromatic heterocycles. The SMILES string of the molecule is CC(=O)CCc1ccccc1S(=O)(=O)Cl. The van der Waals surface area contributed by atoms with E-state index in [4.69, 9.17) is 10.7 Å². The molecule has 0 saturated heterocycles. The van der Waals surface area contributed by atoms with Crippen LogP contribution in [0.2, 0.25) is 0 Å². The zero-order valence-corrected chi connectivity index (χ0v) is 9.81. The third kappa shape index (κ3) is 3.64. The summed E-state index contributed by atoms with van der Waals surface area (Å²) in [5, 5.41) is 0. The van der Waals surface area contributed by atoms with Crippen LogP contribution in [0.1, 0.15) is 18.9 Å². The fraction of sp³-hybridized carbons (Fsp3) is 0.300. The molecule has 82 valence electrons. The van der Waals surface area contributed by atoms with Gasteiger partial charge < -0.3 is 4.79 Å². The first kappa shape index (κ1) is 12.2. The predicted octanol–water partition coefficient (Wildman–Crippen LogP) is 2.14. The number of hydrogen-bond acceptors (Lipinski definition) is 3. The largest absolute Gasteiger partial charge is 0.300 e. The van der Waals surface area contributed by atoms with Crippen molar-refractivity contribution in [3.05, 3.63) is 29.8 Å². The number of aryl methyl sites for hydroxylation is 1. The minimum atomic E-state index is -3.72. The van der Waals surface area contributed by atoms with Gasteiger partial charge in [0.25, 0.3) is 9.05 Å². The van der Waals surface area contributed by atoms with E-state index >= 15 is 0 Å². The van der Waals surface area contributed by atoms with Gasteiger partial charge in [-0.05, 0) is 25.0 Å². The highest BCUT2D eigenvalue weighted by Gasteiger charge is 2.14. The van der Waals surface area contributed by atoms with Gasteiger partial charge in [0.2, 0.25) is 0 Å². The van der Waals surface area contributed by atoms with E-state index in [0.717, 1.165) is 0 Å². The molecule has 0 saturated carbocycles. The van der Waals surface area contributed by atoms with Gasteiger partial charge in [-0.25, -0.2) is 8.42 Å². The molecule has 5 heteroatoms. The second kappa shape index (κ2) is 4.77. The lowest BCUT2D eigenvalue weighted by molar-refractivity contribution is -0.116. The van der Waals surface area contributed by atoms with Crippen molar-refractivity contribution < 1.29 is 13.2 Å². The monoisotopic (exact) mass is 246 g/mol. The molecule has 0 radical (unpaired) electrons. The van der Waals surface area contributed by atoms with E-state index in [9.17, 15) is 13.2 Å². The van der Waals surface area contributed by atoms with Crippen LogP contribution in [-0.4, -0.2) is 14.2 Å². The maximum absolute atomic E-state index is 11.2. The zero-order valence-electron chi connectivity index (χ0n) is 8.23. The molecule has 0 bridgehead atoms. The highest BCUT2D eigenvalue weighted by Crippen LogP contribution is 2.20. The van der Waals surface area contributed by atoms with Crippen LogP contribution >= 0.6 is 10.7 Å². The van der Waals surface area contributed by atoms with Crippen molar-refractivity contribution >= 4 is 25.5 Å². The van der Waals surface area contributed by atoms with Crippen molar-refractivity contribution in [1.82, 2.24) is 0 Å². The Morgan fingerprint density at radius 3 is 2.47 bits per heavy atom. The van der Waals surface area contributed by atoms with E-state index in [2.05, 4.69) is 0 Å². The topological polar surface area (TPSA) is 51.2 Å². The van der Waals surface area contributed by atoms with Gasteiger partial charge in [0.05, 0.1) is 4.90 Å². The lowest BCUT2D eigenvalue weighted by Crippen LogP contribution is -2.00. The van der Waals surface area contributed by atoms with Gasteiger partial charge in [-0.3, -0.25) is 0 Å². The standard InChI is InChI=1S/C10H11ClO3S/c1-8(12)6-7-9-4-2-3-5-10(9)15(11,13)14/h2-5H,6-7H2,1H3. The minimum Gasteiger partial charge on any atom is -0.300 e. The van der Waals surface area contributed by atoms with E-state index in [1.807, 2.05) is 0 Å². The van der Waals surface area contributed by atoms with Crippen LogP contribution in [0.5, 0.6) is 0 Å². The molecule has 15 heavy (non-hydrogen) atoms. The van der Waals surface area contributed by atoms with E-state index in [0.29, 0.717) is 18.4 Å². The molecule has 0 aliphatic carbocycles. The van der Waals surface area contributed by atoms with Gasteiger partial charge in [0.1, 0.15) is 5.78 Å². The number of carbonyl (C=O) groups is 1. The number of hydrogen-bond donors (Lipinski definition) is 0. The van der Waals surface area contributed by atoms with Crippen LogP contribution in [-0.2, 0) is 20.3 Å². The molecule has 0 spiro atoms.